The van der Waals surface area contributed by atoms with Crippen LogP contribution in [0.2, 0.25) is 19.6 Å². The van der Waals surface area contributed by atoms with Gasteiger partial charge in [-0.2, -0.15) is 8.42 Å². The third kappa shape index (κ3) is 6.81. The molecule has 15 heavy (non-hydrogen) atoms. The highest BCUT2D eigenvalue weighted by atomic mass is 32.2. The monoisotopic (exact) mass is 252 g/mol. The minimum atomic E-state index is -3.71. The van der Waals surface area contributed by atoms with Gasteiger partial charge in [0.1, 0.15) is 5.75 Å². The predicted molar refractivity (Wildman–Crippen MR) is 62.7 cm³/mol. The number of hydrogen-bond acceptors (Lipinski definition) is 4. The molecule has 6 heteroatoms. The average molecular weight is 252 g/mol. The molecule has 0 heterocycles. The van der Waals surface area contributed by atoms with Crippen molar-refractivity contribution in [3.8, 4) is 0 Å². The lowest BCUT2D eigenvalue weighted by Gasteiger charge is -2.20. The summed E-state index contributed by atoms with van der Waals surface area (Å²) in [5.74, 6) is -0.846. The SMILES string of the molecule is CC(C)(C)C(=O)CS(=O)(=O)O[Si](C)(C)C. The van der Waals surface area contributed by atoms with Gasteiger partial charge in [0.05, 0.1) is 0 Å². The van der Waals surface area contributed by atoms with Gasteiger partial charge in [-0.3, -0.25) is 4.79 Å². The third-order valence-corrected chi connectivity index (χ3v) is 5.15. The quantitative estimate of drug-likeness (QED) is 0.716. The molecule has 0 radical (unpaired) electrons. The fourth-order valence-corrected chi connectivity index (χ4v) is 4.82. The molecule has 0 spiro atoms. The van der Waals surface area contributed by atoms with Crippen LogP contribution in [0, 0.1) is 5.41 Å². The molecule has 0 rings (SSSR count). The van der Waals surface area contributed by atoms with Crippen molar-refractivity contribution in [3.05, 3.63) is 0 Å². The van der Waals surface area contributed by atoms with Crippen LogP contribution in [-0.4, -0.2) is 28.3 Å². The van der Waals surface area contributed by atoms with E-state index >= 15 is 0 Å². The molecule has 0 atom stereocenters. The molecule has 90 valence electrons. The van der Waals surface area contributed by atoms with Crippen LogP contribution >= 0.6 is 0 Å². The Bertz CT molecular complexity index is 332. The highest BCUT2D eigenvalue weighted by Crippen LogP contribution is 2.17. The molecule has 0 aromatic carbocycles. The second kappa shape index (κ2) is 4.35. The van der Waals surface area contributed by atoms with Crippen molar-refractivity contribution in [1.82, 2.24) is 0 Å². The first kappa shape index (κ1) is 14.8. The fraction of sp³-hybridized carbons (Fsp3) is 0.889. The topological polar surface area (TPSA) is 60.4 Å². The van der Waals surface area contributed by atoms with E-state index in [-0.39, 0.29) is 5.78 Å². The first-order valence-electron chi connectivity index (χ1n) is 4.80. The van der Waals surface area contributed by atoms with E-state index in [4.69, 9.17) is 3.87 Å². The summed E-state index contributed by atoms with van der Waals surface area (Å²) >= 11 is 0. The smallest absolute Gasteiger partial charge is 0.265 e. The van der Waals surface area contributed by atoms with Gasteiger partial charge in [0.25, 0.3) is 10.1 Å². The van der Waals surface area contributed by atoms with Crippen molar-refractivity contribution in [2.75, 3.05) is 5.75 Å². The summed E-state index contributed by atoms with van der Waals surface area (Å²) in [6.45, 7) is 10.4. The fourth-order valence-electron chi connectivity index (χ4n) is 0.787. The molecule has 0 aromatic rings. The number of hydrogen-bond donors (Lipinski definition) is 0. The standard InChI is InChI=1S/C9H20O4SSi/c1-9(2,3)8(10)7-14(11,12)13-15(4,5)6/h7H2,1-6H3. The van der Waals surface area contributed by atoms with Crippen molar-refractivity contribution < 1.29 is 17.1 Å². The zero-order valence-electron chi connectivity index (χ0n) is 10.2. The van der Waals surface area contributed by atoms with Crippen molar-refractivity contribution >= 4 is 24.2 Å². The van der Waals surface area contributed by atoms with Gasteiger partial charge in [-0.05, 0) is 19.6 Å². The lowest BCUT2D eigenvalue weighted by atomic mass is 9.92. The number of carbonyl (C=O) groups is 1. The van der Waals surface area contributed by atoms with Crippen molar-refractivity contribution in [2.45, 2.75) is 40.4 Å². The Morgan fingerprint density at radius 3 is 1.87 bits per heavy atom. The van der Waals surface area contributed by atoms with E-state index in [0.717, 1.165) is 0 Å². The molecule has 4 nitrogen and oxygen atoms in total. The maximum absolute atomic E-state index is 11.5. The first-order chi connectivity index (χ1) is 6.33. The summed E-state index contributed by atoms with van der Waals surface area (Å²) in [6.07, 6.45) is 0. The lowest BCUT2D eigenvalue weighted by Crippen LogP contribution is -2.35. The second-order valence-corrected chi connectivity index (χ2v) is 11.9. The summed E-state index contributed by atoms with van der Waals surface area (Å²) in [4.78, 5) is 11.5. The van der Waals surface area contributed by atoms with Gasteiger partial charge in [0.2, 0.25) is 8.32 Å². The predicted octanol–water partition coefficient (Wildman–Crippen LogP) is 1.78. The molecule has 0 aliphatic rings. The number of Topliss-reactive ketones (excluding diaryl/α,β-unsaturated/α-hetero) is 1. The Hall–Kier alpha value is -0.203. The molecule has 0 fully saturated rings. The highest BCUT2D eigenvalue weighted by molar-refractivity contribution is 7.88. The van der Waals surface area contributed by atoms with E-state index in [1.807, 2.05) is 0 Å². The molecule has 0 aliphatic carbocycles. The Kier molecular flexibility index (Phi) is 4.29. The summed E-state index contributed by atoms with van der Waals surface area (Å²) in [5.41, 5.74) is -0.643. The van der Waals surface area contributed by atoms with Crippen LogP contribution in [0.4, 0.5) is 0 Å². The van der Waals surface area contributed by atoms with E-state index < -0.39 is 29.6 Å². The van der Waals surface area contributed by atoms with Crippen molar-refractivity contribution in [1.29, 1.82) is 0 Å². The molecular formula is C9H20O4SSi. The van der Waals surface area contributed by atoms with Gasteiger partial charge in [-0.1, -0.05) is 20.8 Å². The van der Waals surface area contributed by atoms with E-state index in [0.29, 0.717) is 0 Å². The van der Waals surface area contributed by atoms with Crippen LogP contribution in [0.25, 0.3) is 0 Å². The Morgan fingerprint density at radius 2 is 1.60 bits per heavy atom. The van der Waals surface area contributed by atoms with Crippen LogP contribution in [-0.2, 0) is 18.8 Å². The van der Waals surface area contributed by atoms with Gasteiger partial charge in [-0.25, -0.2) is 0 Å². The maximum Gasteiger partial charge on any atom is 0.265 e. The van der Waals surface area contributed by atoms with Gasteiger partial charge < -0.3 is 3.87 Å². The number of rotatable bonds is 4. The van der Waals surface area contributed by atoms with Crippen LogP contribution in [0.3, 0.4) is 0 Å². The van der Waals surface area contributed by atoms with Crippen molar-refractivity contribution in [2.24, 2.45) is 5.41 Å². The summed E-state index contributed by atoms with van der Waals surface area (Å²) in [5, 5.41) is 0. The molecule has 0 saturated carbocycles. The molecular weight excluding hydrogens is 232 g/mol. The van der Waals surface area contributed by atoms with Gasteiger partial charge in [-0.15, -0.1) is 0 Å². The summed E-state index contributed by atoms with van der Waals surface area (Å²) < 4.78 is 28.0. The second-order valence-electron chi connectivity index (χ2n) is 5.57. The molecule has 0 aliphatic heterocycles. The maximum atomic E-state index is 11.5. The first-order valence-corrected chi connectivity index (χ1v) is 9.79. The van der Waals surface area contributed by atoms with E-state index in [1.165, 1.54) is 0 Å². The van der Waals surface area contributed by atoms with Crippen LogP contribution in [0.1, 0.15) is 20.8 Å². The van der Waals surface area contributed by atoms with Gasteiger partial charge in [0, 0.05) is 5.41 Å². The zero-order valence-corrected chi connectivity index (χ0v) is 12.1. The van der Waals surface area contributed by atoms with Crippen molar-refractivity contribution in [3.63, 3.8) is 0 Å². The highest BCUT2D eigenvalue weighted by Gasteiger charge is 2.31. The third-order valence-electron chi connectivity index (χ3n) is 1.52. The zero-order chi connectivity index (χ0) is 12.5. The van der Waals surface area contributed by atoms with E-state index in [2.05, 4.69) is 0 Å². The summed E-state index contributed by atoms with van der Waals surface area (Å²) in [7, 11) is -5.87. The molecule has 0 aromatic heterocycles. The van der Waals surface area contributed by atoms with Gasteiger partial charge >= 0.3 is 0 Å². The van der Waals surface area contributed by atoms with Crippen LogP contribution in [0.15, 0.2) is 0 Å². The Labute approximate surface area is 93.3 Å². The summed E-state index contributed by atoms with van der Waals surface area (Å²) in [6, 6.07) is 0. The molecule has 0 unspecified atom stereocenters. The molecule has 0 amide bonds. The minimum Gasteiger partial charge on any atom is -0.315 e. The molecule has 0 N–H and O–H groups in total. The number of carbonyl (C=O) groups excluding carboxylic acids is 1. The average Bonchev–Trinajstić information content (AvgIpc) is 1.76. The molecule has 0 bridgehead atoms. The van der Waals surface area contributed by atoms with E-state index in [1.54, 1.807) is 40.4 Å². The Morgan fingerprint density at radius 1 is 1.20 bits per heavy atom. The lowest BCUT2D eigenvalue weighted by molar-refractivity contribution is -0.123. The van der Waals surface area contributed by atoms with Crippen LogP contribution in [0.5, 0.6) is 0 Å². The number of ketones is 1. The largest absolute Gasteiger partial charge is 0.315 e. The van der Waals surface area contributed by atoms with Gasteiger partial charge in [0.15, 0.2) is 5.78 Å². The normalized spacial score (nSPS) is 14.0. The molecule has 0 saturated heterocycles. The minimum absolute atomic E-state index is 0.319. The Balaban J connectivity index is 4.62. The van der Waals surface area contributed by atoms with E-state index in [9.17, 15) is 13.2 Å². The van der Waals surface area contributed by atoms with Crippen LogP contribution < -0.4 is 0 Å².